The van der Waals surface area contributed by atoms with Gasteiger partial charge in [-0.2, -0.15) is 0 Å². The monoisotopic (exact) mass is 338 g/mol. The first-order valence-electron chi connectivity index (χ1n) is 7.57. The van der Waals surface area contributed by atoms with Crippen molar-refractivity contribution in [3.8, 4) is 0 Å². The van der Waals surface area contributed by atoms with Gasteiger partial charge in [-0.3, -0.25) is 4.79 Å². The molecule has 8 heteroatoms. The fourth-order valence-corrected chi connectivity index (χ4v) is 4.99. The van der Waals surface area contributed by atoms with E-state index in [0.29, 0.717) is 46.1 Å². The molecule has 124 valence electrons. The number of hydrogen-bond acceptors (Lipinski definition) is 5. The molecule has 0 N–H and O–H groups in total. The van der Waals surface area contributed by atoms with E-state index in [1.165, 1.54) is 0 Å². The molecule has 1 saturated heterocycles. The molecule has 0 aromatic heterocycles. The molecule has 6 nitrogen and oxygen atoms in total. The lowest BCUT2D eigenvalue weighted by atomic mass is 10.4. The highest BCUT2D eigenvalue weighted by Crippen LogP contribution is 2.52. The molecule has 0 aromatic rings. The standard InChI is InChI=1S/C13H27N2O4PS/c1-4-7-15(20(21,18-5-2)19-6-3)12-13(16)14-8-10-17-11-9-14/h4-12H2,1-3H3. The minimum Gasteiger partial charge on any atom is -0.378 e. The molecule has 1 heterocycles. The summed E-state index contributed by atoms with van der Waals surface area (Å²) in [5.41, 5.74) is 0. The zero-order valence-corrected chi connectivity index (χ0v) is 15.0. The summed E-state index contributed by atoms with van der Waals surface area (Å²) in [5, 5.41) is 0. The highest BCUT2D eigenvalue weighted by molar-refractivity contribution is 8.08. The van der Waals surface area contributed by atoms with Gasteiger partial charge >= 0.3 is 0 Å². The van der Waals surface area contributed by atoms with Crippen LogP contribution in [0.5, 0.6) is 0 Å². The molecule has 0 atom stereocenters. The first kappa shape index (κ1) is 19.0. The summed E-state index contributed by atoms with van der Waals surface area (Å²) < 4.78 is 18.6. The number of nitrogens with zero attached hydrogens (tertiary/aromatic N) is 2. The van der Waals surface area contributed by atoms with Crippen molar-refractivity contribution in [2.45, 2.75) is 27.2 Å². The van der Waals surface area contributed by atoms with Crippen molar-refractivity contribution in [1.82, 2.24) is 9.57 Å². The van der Waals surface area contributed by atoms with Gasteiger partial charge in [0.25, 0.3) is 6.64 Å². The van der Waals surface area contributed by atoms with Crippen LogP contribution in [0.4, 0.5) is 0 Å². The Morgan fingerprint density at radius 2 is 1.81 bits per heavy atom. The maximum absolute atomic E-state index is 12.4. The topological polar surface area (TPSA) is 51.2 Å². The molecule has 1 aliphatic heterocycles. The molecular formula is C13H27N2O4PS. The van der Waals surface area contributed by atoms with Crippen LogP contribution < -0.4 is 0 Å². The summed E-state index contributed by atoms with van der Waals surface area (Å²) in [7, 11) is 0. The van der Waals surface area contributed by atoms with Gasteiger partial charge in [-0.1, -0.05) is 6.92 Å². The van der Waals surface area contributed by atoms with Crippen LogP contribution >= 0.6 is 6.64 Å². The predicted octanol–water partition coefficient (Wildman–Crippen LogP) is 1.85. The number of morpholine rings is 1. The molecule has 0 aromatic carbocycles. The van der Waals surface area contributed by atoms with E-state index in [9.17, 15) is 4.79 Å². The second-order valence-corrected chi connectivity index (χ2v) is 8.09. The minimum absolute atomic E-state index is 0.0698. The van der Waals surface area contributed by atoms with Gasteiger partial charge in [0.2, 0.25) is 5.91 Å². The Kier molecular flexibility index (Phi) is 8.94. The van der Waals surface area contributed by atoms with Crippen LogP contribution in [0.1, 0.15) is 27.2 Å². The van der Waals surface area contributed by atoms with Gasteiger partial charge in [-0.25, -0.2) is 4.67 Å². The Bertz CT molecular complexity index is 354. The summed E-state index contributed by atoms with van der Waals surface area (Å²) in [5.74, 6) is 0.0698. The van der Waals surface area contributed by atoms with Gasteiger partial charge in [-0.05, 0) is 32.1 Å². The second-order valence-electron chi connectivity index (χ2n) is 4.69. The van der Waals surface area contributed by atoms with Crippen molar-refractivity contribution in [3.63, 3.8) is 0 Å². The van der Waals surface area contributed by atoms with Crippen molar-refractivity contribution in [2.75, 3.05) is 52.6 Å². The molecule has 0 radical (unpaired) electrons. The molecule has 0 bridgehead atoms. The van der Waals surface area contributed by atoms with E-state index in [1.807, 2.05) is 23.4 Å². The zero-order chi connectivity index (χ0) is 15.7. The lowest BCUT2D eigenvalue weighted by Crippen LogP contribution is -2.45. The van der Waals surface area contributed by atoms with Crippen LogP contribution in [0, 0.1) is 0 Å². The van der Waals surface area contributed by atoms with Crippen LogP contribution in [0.2, 0.25) is 0 Å². The van der Waals surface area contributed by atoms with Gasteiger partial charge < -0.3 is 18.7 Å². The quantitative estimate of drug-likeness (QED) is 0.598. The Morgan fingerprint density at radius 3 is 2.29 bits per heavy atom. The third kappa shape index (κ3) is 5.93. The molecule has 1 fully saturated rings. The van der Waals surface area contributed by atoms with Crippen LogP contribution in [0.15, 0.2) is 0 Å². The number of rotatable bonds is 9. The van der Waals surface area contributed by atoms with Gasteiger partial charge in [-0.15, -0.1) is 0 Å². The minimum atomic E-state index is -2.56. The van der Waals surface area contributed by atoms with E-state index >= 15 is 0 Å². The highest BCUT2D eigenvalue weighted by atomic mass is 32.5. The normalized spacial score (nSPS) is 16.5. The smallest absolute Gasteiger partial charge is 0.264 e. The molecule has 1 aliphatic rings. The molecule has 0 saturated carbocycles. The maximum Gasteiger partial charge on any atom is 0.264 e. The third-order valence-corrected chi connectivity index (χ3v) is 6.62. The average molecular weight is 338 g/mol. The molecule has 0 unspecified atom stereocenters. The van der Waals surface area contributed by atoms with E-state index in [0.717, 1.165) is 6.42 Å². The number of ether oxygens (including phenoxy) is 1. The van der Waals surface area contributed by atoms with E-state index in [1.54, 1.807) is 0 Å². The van der Waals surface area contributed by atoms with Crippen LogP contribution in [-0.4, -0.2) is 68.1 Å². The molecule has 0 spiro atoms. The van der Waals surface area contributed by atoms with E-state index in [-0.39, 0.29) is 12.5 Å². The van der Waals surface area contributed by atoms with Crippen molar-refractivity contribution in [3.05, 3.63) is 0 Å². The van der Waals surface area contributed by atoms with Crippen molar-refractivity contribution >= 4 is 24.4 Å². The fraction of sp³-hybridized carbons (Fsp3) is 0.923. The van der Waals surface area contributed by atoms with E-state index < -0.39 is 6.64 Å². The number of carbonyl (C=O) groups is 1. The maximum atomic E-state index is 12.4. The van der Waals surface area contributed by atoms with Gasteiger partial charge in [0.1, 0.15) is 0 Å². The summed E-state index contributed by atoms with van der Waals surface area (Å²) in [6.07, 6.45) is 0.898. The summed E-state index contributed by atoms with van der Waals surface area (Å²) in [6, 6.07) is 0. The lowest BCUT2D eigenvalue weighted by Gasteiger charge is -2.35. The van der Waals surface area contributed by atoms with Gasteiger partial charge in [0.05, 0.1) is 33.0 Å². The van der Waals surface area contributed by atoms with Crippen molar-refractivity contribution in [1.29, 1.82) is 0 Å². The highest BCUT2D eigenvalue weighted by Gasteiger charge is 2.30. The SMILES string of the molecule is CCCN(CC(=O)N1CCOCC1)P(=S)(OCC)OCC. The molecule has 1 amide bonds. The van der Waals surface area contributed by atoms with Gasteiger partial charge in [0.15, 0.2) is 0 Å². The average Bonchev–Trinajstić information content (AvgIpc) is 2.48. The van der Waals surface area contributed by atoms with Crippen LogP contribution in [0.3, 0.4) is 0 Å². The largest absolute Gasteiger partial charge is 0.378 e. The number of hydrogen-bond donors (Lipinski definition) is 0. The molecular weight excluding hydrogens is 311 g/mol. The Hall–Kier alpha value is -0.0400. The fourth-order valence-electron chi connectivity index (χ4n) is 2.14. The van der Waals surface area contributed by atoms with E-state index in [4.69, 9.17) is 25.6 Å². The molecule has 0 aliphatic carbocycles. The predicted molar refractivity (Wildman–Crippen MR) is 86.8 cm³/mol. The van der Waals surface area contributed by atoms with Crippen molar-refractivity contribution in [2.24, 2.45) is 0 Å². The van der Waals surface area contributed by atoms with Crippen molar-refractivity contribution < 1.29 is 18.6 Å². The Labute approximate surface area is 132 Å². The Balaban J connectivity index is 2.73. The summed E-state index contributed by atoms with van der Waals surface area (Å²) in [4.78, 5) is 14.3. The van der Waals surface area contributed by atoms with E-state index in [2.05, 4.69) is 6.92 Å². The zero-order valence-electron chi connectivity index (χ0n) is 13.2. The summed E-state index contributed by atoms with van der Waals surface area (Å²) in [6.45, 7) is 7.72. The number of carbonyl (C=O) groups excluding carboxylic acids is 1. The van der Waals surface area contributed by atoms with Crippen LogP contribution in [-0.2, 0) is 30.4 Å². The molecule has 1 rings (SSSR count). The second kappa shape index (κ2) is 9.87. The Morgan fingerprint density at radius 1 is 1.24 bits per heavy atom. The number of amides is 1. The van der Waals surface area contributed by atoms with Gasteiger partial charge in [0, 0.05) is 19.6 Å². The summed E-state index contributed by atoms with van der Waals surface area (Å²) >= 11 is 5.60. The first-order chi connectivity index (χ1) is 10.1. The molecule has 21 heavy (non-hydrogen) atoms. The third-order valence-electron chi connectivity index (χ3n) is 3.09. The first-order valence-corrected chi connectivity index (χ1v) is 10.2. The van der Waals surface area contributed by atoms with Crippen LogP contribution in [0.25, 0.3) is 0 Å². The lowest BCUT2D eigenvalue weighted by molar-refractivity contribution is -0.135.